The lowest BCUT2D eigenvalue weighted by molar-refractivity contribution is 0.0641. The summed E-state index contributed by atoms with van der Waals surface area (Å²) in [5, 5.41) is 4.79. The van der Waals surface area contributed by atoms with Crippen molar-refractivity contribution in [3.63, 3.8) is 0 Å². The minimum Gasteiger partial charge on any atom is -0.497 e. The number of nitrogens with one attached hydrogen (secondary N) is 2. The molecule has 0 spiro atoms. The molecule has 0 aliphatic carbocycles. The fraction of sp³-hybridized carbons (Fsp3) is 0.214. The Labute approximate surface area is 202 Å². The van der Waals surface area contributed by atoms with Gasteiger partial charge in [-0.15, -0.1) is 0 Å². The van der Waals surface area contributed by atoms with Gasteiger partial charge in [-0.05, 0) is 60.0 Å². The normalized spacial score (nSPS) is 17.0. The number of nitrogens with zero attached hydrogens (tertiary/aromatic N) is 1. The minimum atomic E-state index is -0.277. The molecule has 3 heterocycles. The van der Waals surface area contributed by atoms with Crippen molar-refractivity contribution in [2.45, 2.75) is 19.0 Å². The molecule has 1 atom stereocenters. The number of hydrogen-bond acceptors (Lipinski definition) is 5. The van der Waals surface area contributed by atoms with Crippen LogP contribution in [-0.4, -0.2) is 42.5 Å². The molecule has 35 heavy (non-hydrogen) atoms. The summed E-state index contributed by atoms with van der Waals surface area (Å²) >= 11 is 0. The third-order valence-corrected chi connectivity index (χ3v) is 7.00. The molecule has 4 aromatic rings. The molecule has 2 N–H and O–H groups in total. The second-order valence-corrected chi connectivity index (χ2v) is 8.88. The number of fused-ring (bicyclic) bond motifs is 4. The van der Waals surface area contributed by atoms with Gasteiger partial charge in [0.2, 0.25) is 0 Å². The zero-order valence-electron chi connectivity index (χ0n) is 19.6. The fourth-order valence-electron chi connectivity index (χ4n) is 5.27. The Kier molecular flexibility index (Phi) is 5.07. The first-order chi connectivity index (χ1) is 17.1. The Bertz CT molecular complexity index is 1450. The molecule has 0 radical (unpaired) electrons. The molecular weight excluding hydrogens is 442 g/mol. The van der Waals surface area contributed by atoms with Crippen LogP contribution in [0.1, 0.15) is 49.1 Å². The lowest BCUT2D eigenvalue weighted by Crippen LogP contribution is -2.31. The molecule has 7 nitrogen and oxygen atoms in total. The van der Waals surface area contributed by atoms with Gasteiger partial charge in [0.05, 0.1) is 37.9 Å². The molecule has 3 aromatic carbocycles. The van der Waals surface area contributed by atoms with Crippen molar-refractivity contribution in [1.29, 1.82) is 0 Å². The number of carbonyl (C=O) groups is 2. The maximum absolute atomic E-state index is 12.9. The van der Waals surface area contributed by atoms with Gasteiger partial charge in [0, 0.05) is 28.7 Å². The monoisotopic (exact) mass is 467 g/mol. The van der Waals surface area contributed by atoms with Crippen LogP contribution in [0, 0.1) is 0 Å². The molecule has 0 bridgehead atoms. The standard InChI is InChI=1S/C28H25N3O4/c1-34-18-8-9-23-22(14-18)19-11-12-29-25(26(19)30-23)16-7-10-24(35-2)17(13-16)15-31-27(32)20-5-3-4-6-21(20)28(31)33/h3-10,13-14,25,29-30H,11-12,15H2,1-2H3. The predicted octanol–water partition coefficient (Wildman–Crippen LogP) is 4.22. The number of methoxy groups -OCH3 is 2. The number of rotatable bonds is 5. The van der Waals surface area contributed by atoms with E-state index in [1.54, 1.807) is 38.5 Å². The van der Waals surface area contributed by atoms with E-state index in [0.29, 0.717) is 16.9 Å². The third-order valence-electron chi connectivity index (χ3n) is 7.00. The first kappa shape index (κ1) is 21.4. The van der Waals surface area contributed by atoms with Gasteiger partial charge in [0.15, 0.2) is 0 Å². The number of carbonyl (C=O) groups excluding carboxylic acids is 2. The molecule has 0 saturated heterocycles. The molecule has 2 aliphatic heterocycles. The summed E-state index contributed by atoms with van der Waals surface area (Å²) in [5.74, 6) is 0.922. The van der Waals surface area contributed by atoms with Crippen molar-refractivity contribution in [3.8, 4) is 11.5 Å². The van der Waals surface area contributed by atoms with Gasteiger partial charge in [-0.2, -0.15) is 0 Å². The molecule has 1 unspecified atom stereocenters. The van der Waals surface area contributed by atoms with Crippen molar-refractivity contribution in [1.82, 2.24) is 15.2 Å². The van der Waals surface area contributed by atoms with Crippen molar-refractivity contribution in [3.05, 3.63) is 94.2 Å². The Morgan fingerprint density at radius 2 is 1.71 bits per heavy atom. The molecule has 2 amide bonds. The topological polar surface area (TPSA) is 83.7 Å². The van der Waals surface area contributed by atoms with E-state index < -0.39 is 0 Å². The van der Waals surface area contributed by atoms with E-state index in [1.165, 1.54) is 15.8 Å². The zero-order chi connectivity index (χ0) is 24.1. The van der Waals surface area contributed by atoms with Crippen LogP contribution in [0.25, 0.3) is 10.9 Å². The summed E-state index contributed by atoms with van der Waals surface area (Å²) in [7, 11) is 3.28. The Hall–Kier alpha value is -4.10. The van der Waals surface area contributed by atoms with E-state index >= 15 is 0 Å². The van der Waals surface area contributed by atoms with E-state index in [9.17, 15) is 9.59 Å². The van der Waals surface area contributed by atoms with E-state index in [2.05, 4.69) is 16.4 Å². The average molecular weight is 468 g/mol. The summed E-state index contributed by atoms with van der Waals surface area (Å²) in [4.78, 5) is 30.8. The highest BCUT2D eigenvalue weighted by molar-refractivity contribution is 6.21. The van der Waals surface area contributed by atoms with Gasteiger partial charge < -0.3 is 19.8 Å². The van der Waals surface area contributed by atoms with E-state index in [-0.39, 0.29) is 24.4 Å². The molecule has 0 saturated carbocycles. The van der Waals surface area contributed by atoms with Crippen LogP contribution in [0.2, 0.25) is 0 Å². The number of H-pyrrole nitrogens is 1. The minimum absolute atomic E-state index is 0.0519. The Balaban J connectivity index is 1.37. The quantitative estimate of drug-likeness (QED) is 0.430. The number of benzene rings is 3. The lowest BCUT2D eigenvalue weighted by Gasteiger charge is -2.26. The summed E-state index contributed by atoms with van der Waals surface area (Å²) in [5.41, 5.74) is 6.18. The summed E-state index contributed by atoms with van der Waals surface area (Å²) in [6, 6.07) is 18.9. The molecule has 2 aliphatic rings. The SMILES string of the molecule is COc1ccc2[nH]c3c(c2c1)CCNC3c1ccc(OC)c(CN2C(=O)c3ccccc3C2=O)c1. The first-order valence-electron chi connectivity index (χ1n) is 11.6. The highest BCUT2D eigenvalue weighted by Gasteiger charge is 2.36. The van der Waals surface area contributed by atoms with Crippen molar-refractivity contribution >= 4 is 22.7 Å². The van der Waals surface area contributed by atoms with Crippen molar-refractivity contribution in [2.24, 2.45) is 0 Å². The lowest BCUT2D eigenvalue weighted by atomic mass is 9.93. The van der Waals surface area contributed by atoms with Crippen LogP contribution < -0.4 is 14.8 Å². The van der Waals surface area contributed by atoms with Gasteiger partial charge in [-0.25, -0.2) is 0 Å². The fourth-order valence-corrected chi connectivity index (χ4v) is 5.27. The molecule has 176 valence electrons. The largest absolute Gasteiger partial charge is 0.497 e. The molecular formula is C28H25N3O4. The van der Waals surface area contributed by atoms with Crippen molar-refractivity contribution in [2.75, 3.05) is 20.8 Å². The highest BCUT2D eigenvalue weighted by Crippen LogP contribution is 2.37. The first-order valence-corrected chi connectivity index (χ1v) is 11.6. The number of hydrogen-bond donors (Lipinski definition) is 2. The second kappa shape index (κ2) is 8.29. The number of aromatic amines is 1. The number of imide groups is 1. The van der Waals surface area contributed by atoms with Crippen molar-refractivity contribution < 1.29 is 19.1 Å². The van der Waals surface area contributed by atoms with Crippen LogP contribution >= 0.6 is 0 Å². The summed E-state index contributed by atoms with van der Waals surface area (Å²) < 4.78 is 11.0. The Morgan fingerprint density at radius 3 is 2.43 bits per heavy atom. The number of aromatic nitrogens is 1. The summed E-state index contributed by atoms with van der Waals surface area (Å²) in [6.45, 7) is 0.981. The van der Waals surface area contributed by atoms with Gasteiger partial charge in [0.1, 0.15) is 11.5 Å². The number of amides is 2. The summed E-state index contributed by atoms with van der Waals surface area (Å²) in [6.07, 6.45) is 0.914. The maximum atomic E-state index is 12.9. The second-order valence-electron chi connectivity index (χ2n) is 8.88. The van der Waals surface area contributed by atoms with Crippen LogP contribution in [0.5, 0.6) is 11.5 Å². The van der Waals surface area contributed by atoms with E-state index in [0.717, 1.165) is 41.1 Å². The third kappa shape index (κ3) is 3.39. The number of ether oxygens (including phenoxy) is 2. The molecule has 0 fully saturated rings. The Morgan fingerprint density at radius 1 is 0.943 bits per heavy atom. The van der Waals surface area contributed by atoms with Gasteiger partial charge >= 0.3 is 0 Å². The van der Waals surface area contributed by atoms with Crippen LogP contribution in [-0.2, 0) is 13.0 Å². The van der Waals surface area contributed by atoms with Gasteiger partial charge in [-0.3, -0.25) is 14.5 Å². The van der Waals surface area contributed by atoms with Gasteiger partial charge in [-0.1, -0.05) is 18.2 Å². The van der Waals surface area contributed by atoms with Gasteiger partial charge in [0.25, 0.3) is 11.8 Å². The predicted molar refractivity (Wildman–Crippen MR) is 132 cm³/mol. The van der Waals surface area contributed by atoms with E-state index in [4.69, 9.17) is 9.47 Å². The molecule has 7 heteroatoms. The zero-order valence-corrected chi connectivity index (χ0v) is 19.6. The smallest absolute Gasteiger partial charge is 0.261 e. The average Bonchev–Trinajstić information content (AvgIpc) is 3.39. The van der Waals surface area contributed by atoms with E-state index in [1.807, 2.05) is 30.3 Å². The highest BCUT2D eigenvalue weighted by atomic mass is 16.5. The molecule has 6 rings (SSSR count). The van der Waals surface area contributed by atoms with Crippen LogP contribution in [0.3, 0.4) is 0 Å². The van der Waals surface area contributed by atoms with Crippen LogP contribution in [0.15, 0.2) is 60.7 Å². The van der Waals surface area contributed by atoms with Crippen LogP contribution in [0.4, 0.5) is 0 Å². The molecule has 1 aromatic heterocycles. The maximum Gasteiger partial charge on any atom is 0.261 e.